The lowest BCUT2D eigenvalue weighted by Crippen LogP contribution is -2.28. The number of nitrogens with zero attached hydrogens (tertiary/aromatic N) is 1. The predicted molar refractivity (Wildman–Crippen MR) is 163 cm³/mol. The van der Waals surface area contributed by atoms with Gasteiger partial charge in [0.05, 0.1) is 13.7 Å². The lowest BCUT2D eigenvalue weighted by Gasteiger charge is -2.19. The van der Waals surface area contributed by atoms with E-state index in [4.69, 9.17) is 14.2 Å². The maximum absolute atomic E-state index is 13.2. The van der Waals surface area contributed by atoms with Gasteiger partial charge < -0.3 is 24.1 Å². The summed E-state index contributed by atoms with van der Waals surface area (Å²) in [4.78, 5) is 13.2. The average Bonchev–Trinajstić information content (AvgIpc) is 3.37. The number of carbonyl (C=O) groups is 1. The van der Waals surface area contributed by atoms with Gasteiger partial charge in [0.1, 0.15) is 6.61 Å². The molecule has 210 valence electrons. The van der Waals surface area contributed by atoms with Gasteiger partial charge in [0.2, 0.25) is 5.91 Å². The van der Waals surface area contributed by atoms with Crippen LogP contribution in [0.2, 0.25) is 0 Å². The Morgan fingerprint density at radius 1 is 0.829 bits per heavy atom. The van der Waals surface area contributed by atoms with Gasteiger partial charge in [0.25, 0.3) is 0 Å². The van der Waals surface area contributed by atoms with E-state index in [0.29, 0.717) is 31.3 Å². The Morgan fingerprint density at radius 2 is 1.54 bits per heavy atom. The van der Waals surface area contributed by atoms with Gasteiger partial charge in [-0.2, -0.15) is 0 Å². The lowest BCUT2D eigenvalue weighted by molar-refractivity contribution is -0.121. The van der Waals surface area contributed by atoms with Crippen LogP contribution in [0.25, 0.3) is 10.9 Å². The summed E-state index contributed by atoms with van der Waals surface area (Å²) < 4.78 is 19.3. The van der Waals surface area contributed by atoms with Crippen molar-refractivity contribution in [2.24, 2.45) is 0 Å². The van der Waals surface area contributed by atoms with Gasteiger partial charge in [-0.1, -0.05) is 84.9 Å². The molecule has 0 saturated heterocycles. The fourth-order valence-corrected chi connectivity index (χ4v) is 5.18. The second-order valence-electron chi connectivity index (χ2n) is 10.00. The molecule has 5 rings (SSSR count). The number of fused-ring (bicyclic) bond motifs is 1. The number of amides is 1. The first-order valence-corrected chi connectivity index (χ1v) is 13.9. The summed E-state index contributed by atoms with van der Waals surface area (Å²) in [6.07, 6.45) is 2.48. The number of aromatic nitrogens is 1. The highest BCUT2D eigenvalue weighted by Gasteiger charge is 2.24. The lowest BCUT2D eigenvalue weighted by atomic mass is 9.87. The molecule has 6 nitrogen and oxygen atoms in total. The summed E-state index contributed by atoms with van der Waals surface area (Å²) in [5, 5.41) is 4.13. The van der Waals surface area contributed by atoms with Crippen LogP contribution < -0.4 is 14.8 Å². The highest BCUT2D eigenvalue weighted by atomic mass is 16.5. The first-order valence-electron chi connectivity index (χ1n) is 13.9. The molecule has 1 atom stereocenters. The Bertz CT molecular complexity index is 1560. The molecule has 0 spiro atoms. The smallest absolute Gasteiger partial charge is 0.221 e. The van der Waals surface area contributed by atoms with Crippen molar-refractivity contribution in [2.75, 3.05) is 27.4 Å². The number of methoxy groups -OCH3 is 2. The Morgan fingerprint density at radius 3 is 2.27 bits per heavy atom. The van der Waals surface area contributed by atoms with Crippen LogP contribution in [0.3, 0.4) is 0 Å². The average molecular weight is 549 g/mol. The molecule has 5 aromatic rings. The molecule has 0 fully saturated rings. The molecular weight excluding hydrogens is 512 g/mol. The number of rotatable bonds is 13. The number of hydrogen-bond donors (Lipinski definition) is 1. The van der Waals surface area contributed by atoms with Gasteiger partial charge in [-0.25, -0.2) is 0 Å². The van der Waals surface area contributed by atoms with E-state index in [1.807, 2.05) is 54.6 Å². The molecular formula is C35H36N2O4. The summed E-state index contributed by atoms with van der Waals surface area (Å²) >= 11 is 0. The van der Waals surface area contributed by atoms with Crippen molar-refractivity contribution in [2.45, 2.75) is 25.5 Å². The SMILES string of the molecule is COCCNC(=O)C[C@@H](c1ccc(OCc2ccccc2)c(OC)c1)c1cn(Cc2ccccc2)c2ccccc12. The summed E-state index contributed by atoms with van der Waals surface area (Å²) in [6, 6.07) is 34.8. The third-order valence-electron chi connectivity index (χ3n) is 7.24. The molecule has 1 aromatic heterocycles. The zero-order valence-corrected chi connectivity index (χ0v) is 23.6. The fourth-order valence-electron chi connectivity index (χ4n) is 5.18. The summed E-state index contributed by atoms with van der Waals surface area (Å²) in [7, 11) is 3.27. The van der Waals surface area contributed by atoms with E-state index in [9.17, 15) is 4.79 Å². The first kappa shape index (κ1) is 28.0. The van der Waals surface area contributed by atoms with Gasteiger partial charge in [-0.3, -0.25) is 4.79 Å². The van der Waals surface area contributed by atoms with Crippen LogP contribution in [0.15, 0.2) is 109 Å². The minimum absolute atomic E-state index is 0.0321. The van der Waals surface area contributed by atoms with Crippen LogP contribution in [-0.2, 0) is 22.7 Å². The summed E-state index contributed by atoms with van der Waals surface area (Å²) in [6.45, 7) is 2.11. The van der Waals surface area contributed by atoms with Gasteiger partial charge in [0.15, 0.2) is 11.5 Å². The van der Waals surface area contributed by atoms with Crippen molar-refractivity contribution in [1.82, 2.24) is 9.88 Å². The third-order valence-corrected chi connectivity index (χ3v) is 7.24. The second kappa shape index (κ2) is 13.7. The second-order valence-corrected chi connectivity index (χ2v) is 10.00. The van der Waals surface area contributed by atoms with E-state index >= 15 is 0 Å². The van der Waals surface area contributed by atoms with E-state index in [1.165, 1.54) is 5.56 Å². The highest BCUT2D eigenvalue weighted by Crippen LogP contribution is 2.39. The number of benzene rings is 4. The van der Waals surface area contributed by atoms with Gasteiger partial charge in [-0.15, -0.1) is 0 Å². The van der Waals surface area contributed by atoms with Gasteiger partial charge in [0, 0.05) is 49.6 Å². The molecule has 6 heteroatoms. The van der Waals surface area contributed by atoms with Crippen molar-refractivity contribution in [3.8, 4) is 11.5 Å². The molecule has 1 amide bonds. The van der Waals surface area contributed by atoms with Crippen LogP contribution in [-0.4, -0.2) is 37.8 Å². The molecule has 1 N–H and O–H groups in total. The number of para-hydroxylation sites is 1. The zero-order valence-electron chi connectivity index (χ0n) is 23.6. The molecule has 0 aliphatic rings. The minimum Gasteiger partial charge on any atom is -0.493 e. The van der Waals surface area contributed by atoms with Crippen LogP contribution in [0.1, 0.15) is 34.6 Å². The van der Waals surface area contributed by atoms with E-state index in [2.05, 4.69) is 64.6 Å². The molecule has 0 radical (unpaired) electrons. The Balaban J connectivity index is 1.51. The standard InChI is InChI=1S/C35H36N2O4/c1-39-20-19-36-35(38)22-30(28-17-18-33(34(21-28)40-2)41-25-27-13-7-4-8-14-27)31-24-37(23-26-11-5-3-6-12-26)32-16-10-9-15-29(31)32/h3-18,21,24,30H,19-20,22-23,25H2,1-2H3,(H,36,38)/t30-/m0/s1. The maximum Gasteiger partial charge on any atom is 0.221 e. The normalized spacial score (nSPS) is 11.8. The number of carbonyl (C=O) groups excluding carboxylic acids is 1. The third kappa shape index (κ3) is 6.97. The van der Waals surface area contributed by atoms with Gasteiger partial charge in [-0.05, 0) is 40.5 Å². The van der Waals surface area contributed by atoms with E-state index in [-0.39, 0.29) is 18.2 Å². The molecule has 4 aromatic carbocycles. The Hall–Kier alpha value is -4.55. The number of ether oxygens (including phenoxy) is 3. The molecule has 41 heavy (non-hydrogen) atoms. The Kier molecular flexibility index (Phi) is 9.34. The Labute approximate surface area is 241 Å². The van der Waals surface area contributed by atoms with Crippen LogP contribution in [0.4, 0.5) is 0 Å². The topological polar surface area (TPSA) is 61.7 Å². The molecule has 0 aliphatic heterocycles. The highest BCUT2D eigenvalue weighted by molar-refractivity contribution is 5.87. The van der Waals surface area contributed by atoms with Crippen molar-refractivity contribution in [3.63, 3.8) is 0 Å². The van der Waals surface area contributed by atoms with Crippen molar-refractivity contribution >= 4 is 16.8 Å². The monoisotopic (exact) mass is 548 g/mol. The van der Waals surface area contributed by atoms with Crippen LogP contribution in [0.5, 0.6) is 11.5 Å². The van der Waals surface area contributed by atoms with Crippen molar-refractivity contribution in [3.05, 3.63) is 132 Å². The molecule has 1 heterocycles. The van der Waals surface area contributed by atoms with Gasteiger partial charge >= 0.3 is 0 Å². The van der Waals surface area contributed by atoms with E-state index in [0.717, 1.165) is 34.1 Å². The van der Waals surface area contributed by atoms with Crippen molar-refractivity contribution in [1.29, 1.82) is 0 Å². The largest absolute Gasteiger partial charge is 0.493 e. The minimum atomic E-state index is -0.198. The predicted octanol–water partition coefficient (Wildman–Crippen LogP) is 6.56. The maximum atomic E-state index is 13.2. The molecule has 0 aliphatic carbocycles. The van der Waals surface area contributed by atoms with Crippen LogP contribution in [0, 0.1) is 0 Å². The zero-order chi connectivity index (χ0) is 28.4. The molecule has 0 saturated carbocycles. The summed E-state index contributed by atoms with van der Waals surface area (Å²) in [5.41, 5.74) is 5.51. The first-order chi connectivity index (χ1) is 20.2. The quantitative estimate of drug-likeness (QED) is 0.169. The van der Waals surface area contributed by atoms with E-state index in [1.54, 1.807) is 14.2 Å². The van der Waals surface area contributed by atoms with Crippen LogP contribution >= 0.6 is 0 Å². The molecule has 0 bridgehead atoms. The molecule has 0 unspecified atom stereocenters. The number of hydrogen-bond acceptors (Lipinski definition) is 4. The fraction of sp³-hybridized carbons (Fsp3) is 0.229. The number of nitrogens with one attached hydrogen (secondary N) is 1. The van der Waals surface area contributed by atoms with E-state index < -0.39 is 0 Å². The van der Waals surface area contributed by atoms with Crippen molar-refractivity contribution < 1.29 is 19.0 Å². The summed E-state index contributed by atoms with van der Waals surface area (Å²) in [5.74, 6) is 1.07.